The second-order valence-corrected chi connectivity index (χ2v) is 2.82. The monoisotopic (exact) mass is 190 g/mol. The number of hydrogen-bond acceptors (Lipinski definition) is 0. The van der Waals surface area contributed by atoms with E-state index in [9.17, 15) is 8.78 Å². The van der Waals surface area contributed by atoms with Crippen LogP contribution >= 0.6 is 23.2 Å². The Morgan fingerprint density at radius 2 is 1.70 bits per heavy atom. The minimum atomic E-state index is -2.42. The van der Waals surface area contributed by atoms with Crippen molar-refractivity contribution in [2.75, 3.05) is 11.8 Å². The molecule has 0 aromatic rings. The highest BCUT2D eigenvalue weighted by molar-refractivity contribution is 6.21. The quantitative estimate of drug-likeness (QED) is 0.599. The van der Waals surface area contributed by atoms with Crippen molar-refractivity contribution in [3.05, 3.63) is 0 Å². The lowest BCUT2D eigenvalue weighted by atomic mass is 9.90. The maximum atomic E-state index is 12.2. The molecule has 0 unspecified atom stereocenters. The van der Waals surface area contributed by atoms with Gasteiger partial charge >= 0.3 is 0 Å². The molecule has 4 heteroatoms. The van der Waals surface area contributed by atoms with Gasteiger partial charge in [0, 0.05) is 11.8 Å². The molecule has 0 heterocycles. The zero-order valence-corrected chi connectivity index (χ0v) is 7.22. The van der Waals surface area contributed by atoms with Gasteiger partial charge in [-0.15, -0.1) is 23.2 Å². The molecule has 0 atom stereocenters. The smallest absolute Gasteiger partial charge is 0.210 e. The first-order valence-corrected chi connectivity index (χ1v) is 4.10. The Bertz CT molecular complexity index is 83.5. The van der Waals surface area contributed by atoms with Crippen molar-refractivity contribution in [1.29, 1.82) is 0 Å². The SMILES string of the molecule is CCC(CCl)(CCl)C(F)F. The molecule has 0 spiro atoms. The summed E-state index contributed by atoms with van der Waals surface area (Å²) in [6.45, 7) is 1.66. The van der Waals surface area contributed by atoms with E-state index in [2.05, 4.69) is 0 Å². The van der Waals surface area contributed by atoms with Gasteiger partial charge in [-0.3, -0.25) is 0 Å². The molecule has 0 N–H and O–H groups in total. The zero-order chi connectivity index (χ0) is 8.20. The van der Waals surface area contributed by atoms with Gasteiger partial charge in [0.2, 0.25) is 6.43 Å². The lowest BCUT2D eigenvalue weighted by Crippen LogP contribution is -2.32. The molecule has 0 aliphatic carbocycles. The molecule has 10 heavy (non-hydrogen) atoms. The normalized spacial score (nSPS) is 12.6. The Kier molecular flexibility index (Phi) is 4.54. The number of alkyl halides is 4. The second kappa shape index (κ2) is 4.35. The lowest BCUT2D eigenvalue weighted by Gasteiger charge is -2.26. The minimum absolute atomic E-state index is 0.0787. The van der Waals surface area contributed by atoms with Crippen molar-refractivity contribution >= 4 is 23.2 Å². The minimum Gasteiger partial charge on any atom is -0.210 e. The zero-order valence-electron chi connectivity index (χ0n) is 5.71. The average Bonchev–Trinajstić information content (AvgIpc) is 1.92. The van der Waals surface area contributed by atoms with Crippen molar-refractivity contribution in [2.24, 2.45) is 5.41 Å². The lowest BCUT2D eigenvalue weighted by molar-refractivity contribution is 0.0223. The standard InChI is InChI=1S/C6H10Cl2F2/c1-2-6(3-7,4-8)5(9)10/h5H,2-4H2,1H3. The summed E-state index contributed by atoms with van der Waals surface area (Å²) in [4.78, 5) is 0. The first kappa shape index (κ1) is 10.4. The third-order valence-electron chi connectivity index (χ3n) is 1.70. The van der Waals surface area contributed by atoms with Crippen molar-refractivity contribution < 1.29 is 8.78 Å². The summed E-state index contributed by atoms with van der Waals surface area (Å²) in [6.07, 6.45) is -2.11. The molecule has 0 saturated heterocycles. The summed E-state index contributed by atoms with van der Waals surface area (Å²) in [7, 11) is 0. The molecule has 0 radical (unpaired) electrons. The molecular formula is C6H10Cl2F2. The van der Waals surface area contributed by atoms with Crippen LogP contribution in [-0.2, 0) is 0 Å². The average molecular weight is 191 g/mol. The van der Waals surface area contributed by atoms with Crippen LogP contribution in [0.2, 0.25) is 0 Å². The fourth-order valence-corrected chi connectivity index (χ4v) is 1.39. The molecule has 0 amide bonds. The fraction of sp³-hybridized carbons (Fsp3) is 1.00. The molecule has 0 aliphatic heterocycles. The summed E-state index contributed by atoms with van der Waals surface area (Å²) in [6, 6.07) is 0. The van der Waals surface area contributed by atoms with Gasteiger partial charge in [-0.05, 0) is 6.42 Å². The summed E-state index contributed by atoms with van der Waals surface area (Å²) in [5, 5.41) is 0. The maximum absolute atomic E-state index is 12.2. The summed E-state index contributed by atoms with van der Waals surface area (Å²) in [5.41, 5.74) is -1.18. The van der Waals surface area contributed by atoms with Crippen LogP contribution in [0.3, 0.4) is 0 Å². The van der Waals surface area contributed by atoms with Crippen LogP contribution in [0.25, 0.3) is 0 Å². The summed E-state index contributed by atoms with van der Waals surface area (Å²) >= 11 is 10.7. The van der Waals surface area contributed by atoms with Crippen LogP contribution in [0, 0.1) is 5.41 Å². The highest BCUT2D eigenvalue weighted by atomic mass is 35.5. The van der Waals surface area contributed by atoms with E-state index in [1.807, 2.05) is 0 Å². The molecule has 0 aromatic carbocycles. The highest BCUT2D eigenvalue weighted by Crippen LogP contribution is 2.32. The number of hydrogen-bond donors (Lipinski definition) is 0. The van der Waals surface area contributed by atoms with Gasteiger partial charge in [0.05, 0.1) is 5.41 Å². The second-order valence-electron chi connectivity index (χ2n) is 2.28. The van der Waals surface area contributed by atoms with E-state index in [1.165, 1.54) is 0 Å². The van der Waals surface area contributed by atoms with Crippen LogP contribution in [0.1, 0.15) is 13.3 Å². The first-order valence-electron chi connectivity index (χ1n) is 3.03. The third kappa shape index (κ3) is 1.96. The Balaban J connectivity index is 4.15. The van der Waals surface area contributed by atoms with Gasteiger partial charge in [0.25, 0.3) is 0 Å². The molecule has 62 valence electrons. The van der Waals surface area contributed by atoms with E-state index in [4.69, 9.17) is 23.2 Å². The van der Waals surface area contributed by atoms with Gasteiger partial charge in [0.15, 0.2) is 0 Å². The van der Waals surface area contributed by atoms with Gasteiger partial charge in [0.1, 0.15) is 0 Å². The predicted molar refractivity (Wildman–Crippen MR) is 40.2 cm³/mol. The summed E-state index contributed by atoms with van der Waals surface area (Å²) < 4.78 is 24.4. The molecular weight excluding hydrogens is 181 g/mol. The van der Waals surface area contributed by atoms with Gasteiger partial charge in [-0.2, -0.15) is 0 Å². The Morgan fingerprint density at radius 3 is 1.70 bits per heavy atom. The van der Waals surface area contributed by atoms with E-state index >= 15 is 0 Å². The van der Waals surface area contributed by atoms with E-state index in [1.54, 1.807) is 6.92 Å². The van der Waals surface area contributed by atoms with Gasteiger partial charge < -0.3 is 0 Å². The molecule has 0 nitrogen and oxygen atoms in total. The fourth-order valence-electron chi connectivity index (χ4n) is 0.496. The molecule has 0 fully saturated rings. The van der Waals surface area contributed by atoms with Crippen molar-refractivity contribution in [2.45, 2.75) is 19.8 Å². The molecule has 0 aliphatic rings. The van der Waals surface area contributed by atoms with Crippen LogP contribution in [-0.4, -0.2) is 18.2 Å². The Labute approximate surface area is 69.5 Å². The number of halogens is 4. The van der Waals surface area contributed by atoms with Crippen molar-refractivity contribution in [1.82, 2.24) is 0 Å². The molecule has 0 rings (SSSR count). The van der Waals surface area contributed by atoms with E-state index in [0.29, 0.717) is 6.42 Å². The van der Waals surface area contributed by atoms with Crippen LogP contribution in [0.15, 0.2) is 0 Å². The largest absolute Gasteiger partial charge is 0.246 e. The molecule has 0 saturated carbocycles. The Morgan fingerprint density at radius 1 is 1.30 bits per heavy atom. The van der Waals surface area contributed by atoms with Crippen LogP contribution in [0.5, 0.6) is 0 Å². The predicted octanol–water partition coefficient (Wildman–Crippen LogP) is 3.13. The van der Waals surface area contributed by atoms with E-state index < -0.39 is 11.8 Å². The maximum Gasteiger partial charge on any atom is 0.246 e. The van der Waals surface area contributed by atoms with Crippen molar-refractivity contribution in [3.8, 4) is 0 Å². The van der Waals surface area contributed by atoms with E-state index in [-0.39, 0.29) is 11.8 Å². The van der Waals surface area contributed by atoms with E-state index in [0.717, 1.165) is 0 Å². The van der Waals surface area contributed by atoms with Gasteiger partial charge in [-0.25, -0.2) is 8.78 Å². The molecule has 0 aromatic heterocycles. The summed E-state index contributed by atoms with van der Waals surface area (Å²) in [5.74, 6) is -0.157. The third-order valence-corrected chi connectivity index (χ3v) is 2.76. The number of rotatable bonds is 4. The Hall–Kier alpha value is 0.440. The topological polar surface area (TPSA) is 0 Å². The van der Waals surface area contributed by atoms with Crippen LogP contribution in [0.4, 0.5) is 8.78 Å². The first-order chi connectivity index (χ1) is 4.63. The highest BCUT2D eigenvalue weighted by Gasteiger charge is 2.36. The van der Waals surface area contributed by atoms with Crippen molar-refractivity contribution in [3.63, 3.8) is 0 Å². The molecule has 0 bridgehead atoms. The van der Waals surface area contributed by atoms with Crippen LogP contribution < -0.4 is 0 Å². The van der Waals surface area contributed by atoms with Gasteiger partial charge in [-0.1, -0.05) is 6.92 Å².